The van der Waals surface area contributed by atoms with Crippen molar-refractivity contribution >= 4 is 23.2 Å². The smallest absolute Gasteiger partial charge is 0.257 e. The van der Waals surface area contributed by atoms with Crippen molar-refractivity contribution in [3.63, 3.8) is 0 Å². The van der Waals surface area contributed by atoms with E-state index in [9.17, 15) is 4.79 Å². The van der Waals surface area contributed by atoms with Gasteiger partial charge >= 0.3 is 0 Å². The molecule has 1 saturated heterocycles. The molecule has 0 spiro atoms. The Morgan fingerprint density at radius 2 is 1.88 bits per heavy atom. The van der Waals surface area contributed by atoms with Crippen molar-refractivity contribution in [3.8, 4) is 17.2 Å². The van der Waals surface area contributed by atoms with Crippen LogP contribution < -0.4 is 9.64 Å². The summed E-state index contributed by atoms with van der Waals surface area (Å²) in [4.78, 5) is 18.6. The number of ether oxygens (including phenoxy) is 1. The summed E-state index contributed by atoms with van der Waals surface area (Å²) in [6.07, 6.45) is 0.353. The number of methoxy groups -OCH3 is 1. The summed E-state index contributed by atoms with van der Waals surface area (Å²) in [5, 5.41) is 4.71. The van der Waals surface area contributed by atoms with Gasteiger partial charge < -0.3 is 14.2 Å². The van der Waals surface area contributed by atoms with Gasteiger partial charge in [0.15, 0.2) is 5.82 Å². The molecule has 4 rings (SSSR count). The quantitative estimate of drug-likeness (QED) is 0.697. The molecule has 6 nitrogen and oxygen atoms in total. The number of carbonyl (C=O) groups is 1. The van der Waals surface area contributed by atoms with E-state index in [1.54, 1.807) is 24.1 Å². The van der Waals surface area contributed by atoms with E-state index in [-0.39, 0.29) is 11.8 Å². The van der Waals surface area contributed by atoms with E-state index < -0.39 is 0 Å². The number of nitrogens with zero attached hydrogens (tertiary/aromatic N) is 3. The lowest BCUT2D eigenvalue weighted by molar-refractivity contribution is -0.117. The number of hydrogen-bond acceptors (Lipinski definition) is 5. The minimum atomic E-state index is -0.102. The Balaban J connectivity index is 1.52. The molecule has 1 amide bonds. The van der Waals surface area contributed by atoms with Crippen LogP contribution in [0.25, 0.3) is 11.5 Å². The topological polar surface area (TPSA) is 68.5 Å². The van der Waals surface area contributed by atoms with Crippen LogP contribution in [0.15, 0.2) is 53.1 Å². The third-order valence-electron chi connectivity index (χ3n) is 4.41. The maximum atomic E-state index is 12.4. The summed E-state index contributed by atoms with van der Waals surface area (Å²) in [5.74, 6) is 1.65. The van der Waals surface area contributed by atoms with Gasteiger partial charge in [-0.1, -0.05) is 16.8 Å². The first-order valence-electron chi connectivity index (χ1n) is 8.18. The lowest BCUT2D eigenvalue weighted by atomic mass is 10.1. The first kappa shape index (κ1) is 16.6. The molecule has 1 atom stereocenters. The highest BCUT2D eigenvalue weighted by atomic mass is 35.5. The number of halogens is 1. The number of amides is 1. The number of benzene rings is 2. The van der Waals surface area contributed by atoms with E-state index in [4.69, 9.17) is 20.9 Å². The SMILES string of the molecule is COc1ccc(N2C[C@H](c3noc(-c4ccc(Cl)cc4)n3)CC2=O)cc1. The Morgan fingerprint density at radius 3 is 2.58 bits per heavy atom. The van der Waals surface area contributed by atoms with Gasteiger partial charge in [-0.2, -0.15) is 4.98 Å². The number of carbonyl (C=O) groups excluding carboxylic acids is 1. The highest BCUT2D eigenvalue weighted by Gasteiger charge is 2.34. The van der Waals surface area contributed by atoms with Crippen molar-refractivity contribution in [1.29, 1.82) is 0 Å². The molecule has 0 bridgehead atoms. The van der Waals surface area contributed by atoms with Crippen LogP contribution in [0.2, 0.25) is 5.02 Å². The first-order chi connectivity index (χ1) is 12.6. The van der Waals surface area contributed by atoms with E-state index >= 15 is 0 Å². The molecule has 1 aliphatic heterocycles. The van der Waals surface area contributed by atoms with Gasteiger partial charge in [0.25, 0.3) is 5.89 Å². The third kappa shape index (κ3) is 3.15. The second-order valence-electron chi connectivity index (χ2n) is 6.07. The zero-order chi connectivity index (χ0) is 18.1. The Kier molecular flexibility index (Phi) is 4.34. The van der Waals surface area contributed by atoms with Crippen molar-refractivity contribution < 1.29 is 14.1 Å². The van der Waals surface area contributed by atoms with Crippen LogP contribution in [0.5, 0.6) is 5.75 Å². The molecule has 2 heterocycles. The zero-order valence-corrected chi connectivity index (χ0v) is 14.8. The van der Waals surface area contributed by atoms with Gasteiger partial charge in [0.2, 0.25) is 5.91 Å². The molecule has 3 aromatic rings. The van der Waals surface area contributed by atoms with E-state index in [0.29, 0.717) is 29.7 Å². The molecule has 0 N–H and O–H groups in total. The Bertz CT molecular complexity index is 922. The standard InChI is InChI=1S/C19H16ClN3O3/c1-25-16-8-6-15(7-9-16)23-11-13(10-17(23)24)18-21-19(26-22-18)12-2-4-14(20)5-3-12/h2-9,13H,10-11H2,1H3/t13-/m1/s1. The molecule has 0 radical (unpaired) electrons. The number of aromatic nitrogens is 2. The molecular weight excluding hydrogens is 354 g/mol. The molecule has 1 fully saturated rings. The van der Waals surface area contributed by atoms with E-state index in [1.165, 1.54) is 0 Å². The van der Waals surface area contributed by atoms with Crippen LogP contribution in [0.1, 0.15) is 18.2 Å². The number of rotatable bonds is 4. The summed E-state index contributed by atoms with van der Waals surface area (Å²) in [6, 6.07) is 14.6. The second-order valence-corrected chi connectivity index (χ2v) is 6.50. The molecule has 0 aliphatic carbocycles. The Hall–Kier alpha value is -2.86. The molecule has 1 aliphatic rings. The van der Waals surface area contributed by atoms with Gasteiger partial charge in [0.05, 0.1) is 7.11 Å². The zero-order valence-electron chi connectivity index (χ0n) is 14.1. The summed E-state index contributed by atoms with van der Waals surface area (Å²) in [5.41, 5.74) is 1.63. The normalized spacial score (nSPS) is 16.9. The molecule has 1 aromatic heterocycles. The van der Waals surface area contributed by atoms with Crippen LogP contribution in [-0.2, 0) is 4.79 Å². The molecule has 7 heteroatoms. The monoisotopic (exact) mass is 369 g/mol. The number of hydrogen-bond donors (Lipinski definition) is 0. The average Bonchev–Trinajstić information content (AvgIpc) is 3.29. The fraction of sp³-hybridized carbons (Fsp3) is 0.211. The lowest BCUT2D eigenvalue weighted by Gasteiger charge is -2.16. The first-order valence-corrected chi connectivity index (χ1v) is 8.56. The molecule has 0 saturated carbocycles. The fourth-order valence-electron chi connectivity index (χ4n) is 3.00. The predicted octanol–water partition coefficient (Wildman–Crippen LogP) is 3.92. The molecular formula is C19H16ClN3O3. The van der Waals surface area contributed by atoms with Crippen molar-refractivity contribution in [2.75, 3.05) is 18.6 Å². The van der Waals surface area contributed by atoms with Gasteiger partial charge in [0, 0.05) is 35.2 Å². The van der Waals surface area contributed by atoms with Crippen molar-refractivity contribution in [3.05, 3.63) is 59.4 Å². The summed E-state index contributed by atoms with van der Waals surface area (Å²) in [6.45, 7) is 0.519. The summed E-state index contributed by atoms with van der Waals surface area (Å²) >= 11 is 5.90. The van der Waals surface area contributed by atoms with Gasteiger partial charge in [-0.3, -0.25) is 4.79 Å². The molecule has 2 aromatic carbocycles. The second kappa shape index (κ2) is 6.80. The lowest BCUT2D eigenvalue weighted by Crippen LogP contribution is -2.24. The van der Waals surface area contributed by atoms with Gasteiger partial charge in [-0.15, -0.1) is 0 Å². The van der Waals surface area contributed by atoms with E-state index in [1.807, 2.05) is 36.4 Å². The molecule has 0 unspecified atom stereocenters. The van der Waals surface area contributed by atoms with Crippen LogP contribution in [0.4, 0.5) is 5.69 Å². The minimum Gasteiger partial charge on any atom is -0.497 e. The highest BCUT2D eigenvalue weighted by Crippen LogP contribution is 2.32. The van der Waals surface area contributed by atoms with Gasteiger partial charge in [-0.05, 0) is 48.5 Å². The van der Waals surface area contributed by atoms with Crippen LogP contribution in [0, 0.1) is 0 Å². The van der Waals surface area contributed by atoms with Gasteiger partial charge in [-0.25, -0.2) is 0 Å². The maximum absolute atomic E-state index is 12.4. The molecule has 26 heavy (non-hydrogen) atoms. The van der Waals surface area contributed by atoms with Crippen LogP contribution in [-0.4, -0.2) is 29.7 Å². The summed E-state index contributed by atoms with van der Waals surface area (Å²) in [7, 11) is 1.61. The van der Waals surface area contributed by atoms with Crippen LogP contribution >= 0.6 is 11.6 Å². The van der Waals surface area contributed by atoms with E-state index in [2.05, 4.69) is 10.1 Å². The predicted molar refractivity (Wildman–Crippen MR) is 97.4 cm³/mol. The summed E-state index contributed by atoms with van der Waals surface area (Å²) < 4.78 is 10.5. The maximum Gasteiger partial charge on any atom is 0.257 e. The molecule has 132 valence electrons. The average molecular weight is 370 g/mol. The van der Waals surface area contributed by atoms with Crippen molar-refractivity contribution in [2.24, 2.45) is 0 Å². The van der Waals surface area contributed by atoms with Crippen LogP contribution in [0.3, 0.4) is 0 Å². The largest absolute Gasteiger partial charge is 0.497 e. The van der Waals surface area contributed by atoms with Crippen molar-refractivity contribution in [1.82, 2.24) is 10.1 Å². The highest BCUT2D eigenvalue weighted by molar-refractivity contribution is 6.30. The van der Waals surface area contributed by atoms with Gasteiger partial charge in [0.1, 0.15) is 5.75 Å². The minimum absolute atomic E-state index is 0.0398. The third-order valence-corrected chi connectivity index (χ3v) is 4.66. The van der Waals surface area contributed by atoms with Crippen molar-refractivity contribution in [2.45, 2.75) is 12.3 Å². The van der Waals surface area contributed by atoms with E-state index in [0.717, 1.165) is 17.0 Å². The Morgan fingerprint density at radius 1 is 1.15 bits per heavy atom. The fourth-order valence-corrected chi connectivity index (χ4v) is 3.13. The Labute approximate surface area is 155 Å². The number of anilines is 1.